The van der Waals surface area contributed by atoms with Gasteiger partial charge in [-0.25, -0.2) is 0 Å². The van der Waals surface area contributed by atoms with Crippen molar-refractivity contribution in [2.75, 3.05) is 47.7 Å². The van der Waals surface area contributed by atoms with E-state index in [9.17, 15) is 19.6 Å². The van der Waals surface area contributed by atoms with Crippen molar-refractivity contribution in [1.82, 2.24) is 0 Å². The van der Waals surface area contributed by atoms with Gasteiger partial charge < -0.3 is 65.8 Å². The van der Waals surface area contributed by atoms with Crippen molar-refractivity contribution >= 4 is 56.0 Å². The Morgan fingerprint density at radius 1 is 0.343 bits per heavy atom. The smallest absolute Gasteiger partial charge is 0.854 e. The van der Waals surface area contributed by atoms with Gasteiger partial charge in [0.1, 0.15) is 11.5 Å². The second-order valence-corrected chi connectivity index (χ2v) is 38.0. The van der Waals surface area contributed by atoms with E-state index in [2.05, 4.69) is 27.7 Å². The third kappa shape index (κ3) is 36.6. The summed E-state index contributed by atoms with van der Waals surface area (Å²) in [6.45, 7) is 9.80. The molecule has 0 aliphatic heterocycles. The summed E-state index contributed by atoms with van der Waals surface area (Å²) in [6.07, 6.45) is 25.9. The standard InChI is InChI=1S/2C26H47O3PS2.3Zn/c2*1-3-5-7-9-11-13-18-23-32(30(27,28)31,24-19-14-12-10-8-6-4-2)25-22-29-26-20-16-15-17-21-26;;;/h2*15-17,20-21H,3-14,18-19,22-25H2,1-2H3;;;/q2*-3;3*+2. The third-order valence-corrected chi connectivity index (χ3v) is 35.0. The molecule has 67 heavy (non-hydrogen) atoms. The second kappa shape index (κ2) is 47.7. The average Bonchev–Trinajstić information content (AvgIpc) is 3.27. The van der Waals surface area contributed by atoms with Crippen molar-refractivity contribution < 1.29 is 87.5 Å². The summed E-state index contributed by atoms with van der Waals surface area (Å²) in [5.41, 5.74) is 0. The normalized spacial score (nSPS) is 12.2. The van der Waals surface area contributed by atoms with Crippen LogP contribution in [0.15, 0.2) is 60.7 Å². The maximum atomic E-state index is 12.9. The van der Waals surface area contributed by atoms with Crippen LogP contribution in [0.2, 0.25) is 0 Å². The molecule has 0 aliphatic carbocycles. The molecule has 0 unspecified atom stereocenters. The maximum Gasteiger partial charge on any atom is 2.00 e. The quantitative estimate of drug-likeness (QED) is 0.0280. The van der Waals surface area contributed by atoms with Crippen LogP contribution in [-0.4, -0.2) is 47.7 Å². The first-order chi connectivity index (χ1) is 30.9. The number of rotatable bonds is 42. The number of hydrogen-bond acceptors (Lipinski definition) is 8. The van der Waals surface area contributed by atoms with E-state index in [0.29, 0.717) is 24.7 Å². The fourth-order valence-corrected chi connectivity index (χ4v) is 24.6. The first-order valence-corrected chi connectivity index (χ1v) is 36.6. The Kier molecular flexibility index (Phi) is 52.2. The van der Waals surface area contributed by atoms with Gasteiger partial charge in [-0.15, -0.1) is 0 Å². The first-order valence-electron chi connectivity index (χ1n) is 25.8. The minimum atomic E-state index is -3.82. The minimum absolute atomic E-state index is 0. The maximum absolute atomic E-state index is 12.9. The Hall–Kier alpha value is 2.01. The van der Waals surface area contributed by atoms with Crippen LogP contribution >= 0.6 is 31.5 Å². The minimum Gasteiger partial charge on any atom is -0.854 e. The van der Waals surface area contributed by atoms with Crippen molar-refractivity contribution in [3.8, 4) is 11.5 Å². The van der Waals surface area contributed by atoms with Gasteiger partial charge in [0.2, 0.25) is 0 Å². The van der Waals surface area contributed by atoms with Gasteiger partial charge in [-0.1, -0.05) is 218 Å². The molecule has 0 N–H and O–H groups in total. The number of para-hydroxylation sites is 2. The molecule has 0 atom stereocenters. The Morgan fingerprint density at radius 2 is 0.552 bits per heavy atom. The summed E-state index contributed by atoms with van der Waals surface area (Å²) in [6, 6.07) is 19.4. The molecular weight excluding hydrogens is 1110 g/mol. The molecule has 0 fully saturated rings. The predicted molar refractivity (Wildman–Crippen MR) is 289 cm³/mol. The van der Waals surface area contributed by atoms with Gasteiger partial charge in [0, 0.05) is 11.5 Å². The van der Waals surface area contributed by atoms with Crippen LogP contribution in [0.4, 0.5) is 0 Å². The van der Waals surface area contributed by atoms with E-state index in [0.717, 1.165) is 85.9 Å². The summed E-state index contributed by atoms with van der Waals surface area (Å²) in [5.74, 6) is 5.82. The largest absolute Gasteiger partial charge is 2.00 e. The molecule has 0 spiro atoms. The van der Waals surface area contributed by atoms with E-state index >= 15 is 0 Å². The van der Waals surface area contributed by atoms with Gasteiger partial charge in [0.15, 0.2) is 0 Å². The zero-order chi connectivity index (χ0) is 47.1. The van der Waals surface area contributed by atoms with Crippen LogP contribution in [0.25, 0.3) is 0 Å². The molecule has 0 aliphatic rings. The summed E-state index contributed by atoms with van der Waals surface area (Å²) < 4.78 is 11.8. The molecule has 6 nitrogen and oxygen atoms in total. The van der Waals surface area contributed by atoms with Crippen LogP contribution < -0.4 is 29.0 Å². The number of ether oxygens (including phenoxy) is 2. The van der Waals surface area contributed by atoms with E-state index in [1.54, 1.807) is 0 Å². The molecule has 0 bridgehead atoms. The van der Waals surface area contributed by atoms with Crippen LogP contribution in [0.5, 0.6) is 11.5 Å². The fourth-order valence-electron chi connectivity index (χ4n) is 8.26. The van der Waals surface area contributed by atoms with Gasteiger partial charge in [0.25, 0.3) is 0 Å². The Balaban J connectivity index is -0.00000117. The third-order valence-electron chi connectivity index (χ3n) is 12.4. The molecule has 2 aromatic rings. The Bertz CT molecular complexity index is 1180. The molecule has 2 rings (SSSR count). The topological polar surface area (TPSA) is 111 Å². The summed E-state index contributed by atoms with van der Waals surface area (Å²) in [5, 5.41) is 0. The summed E-state index contributed by atoms with van der Waals surface area (Å²) >= 11 is 10.4. The molecule has 2 aromatic carbocycles. The molecular formula is C52H94O6P2S4Zn3. The molecule has 0 amide bonds. The molecule has 0 saturated heterocycles. The molecule has 2 radical (unpaired) electrons. The van der Waals surface area contributed by atoms with Crippen LogP contribution in [0, 0.1) is 0 Å². The van der Waals surface area contributed by atoms with Crippen molar-refractivity contribution in [1.29, 1.82) is 0 Å². The van der Waals surface area contributed by atoms with Crippen LogP contribution in [0.1, 0.15) is 207 Å². The van der Waals surface area contributed by atoms with Gasteiger partial charge in [-0.2, -0.15) is 0 Å². The molecule has 0 heterocycles. The summed E-state index contributed by atoms with van der Waals surface area (Å²) in [7, 11) is -3.78. The Labute approximate surface area is 466 Å². The zero-order valence-electron chi connectivity index (χ0n) is 43.3. The Morgan fingerprint density at radius 3 is 0.761 bits per heavy atom. The van der Waals surface area contributed by atoms with Gasteiger partial charge in [0.05, 0.1) is 13.2 Å². The second-order valence-electron chi connectivity index (χ2n) is 17.9. The number of benzene rings is 2. The van der Waals surface area contributed by atoms with E-state index in [1.165, 1.54) is 128 Å². The van der Waals surface area contributed by atoms with Crippen LogP contribution in [-0.2, 0) is 82.9 Å². The van der Waals surface area contributed by atoms with Crippen molar-refractivity contribution in [2.24, 2.45) is 0 Å². The SMILES string of the molecule is CCCCCCCCCS(CCCCCCCCC)(CCOc1ccccc1)[P]([O-])([O-])[S-].CCCCCCCCCS(CCCCCCCCC)(CCOc1ccccc1)[P]([O-])([O-])[S-].[Zn+2].[Zn+2].[Zn+2]. The monoisotopic (exact) mass is 1200 g/mol. The molecule has 378 valence electrons. The summed E-state index contributed by atoms with van der Waals surface area (Å²) in [4.78, 5) is 51.7. The molecule has 0 aromatic heterocycles. The zero-order valence-corrected chi connectivity index (χ0v) is 57.3. The van der Waals surface area contributed by atoms with E-state index in [1.807, 2.05) is 60.7 Å². The van der Waals surface area contributed by atoms with Gasteiger partial charge in [-0.3, -0.25) is 19.3 Å². The number of hydrogen-bond donors (Lipinski definition) is 0. The van der Waals surface area contributed by atoms with E-state index < -0.39 is 31.5 Å². The van der Waals surface area contributed by atoms with Crippen LogP contribution in [0.3, 0.4) is 0 Å². The van der Waals surface area contributed by atoms with Crippen molar-refractivity contribution in [3.63, 3.8) is 0 Å². The first kappa shape index (κ1) is 73.3. The molecule has 0 saturated carbocycles. The van der Waals surface area contributed by atoms with E-state index in [-0.39, 0.29) is 58.4 Å². The number of unbranched alkanes of at least 4 members (excludes halogenated alkanes) is 24. The van der Waals surface area contributed by atoms with Gasteiger partial charge in [-0.05, 0) is 73.0 Å². The average molecular weight is 1200 g/mol. The molecule has 15 heteroatoms. The van der Waals surface area contributed by atoms with Crippen molar-refractivity contribution in [2.45, 2.75) is 207 Å². The van der Waals surface area contributed by atoms with Gasteiger partial charge >= 0.3 is 58.4 Å². The fraction of sp³-hybridized carbons (Fsp3) is 0.769. The van der Waals surface area contributed by atoms with Crippen molar-refractivity contribution in [3.05, 3.63) is 60.7 Å². The predicted octanol–water partition coefficient (Wildman–Crippen LogP) is 14.6. The van der Waals surface area contributed by atoms with E-state index in [4.69, 9.17) is 34.0 Å².